The van der Waals surface area contributed by atoms with Crippen LogP contribution >= 0.6 is 0 Å². The quantitative estimate of drug-likeness (QED) is 0.435. The maximum Gasteiger partial charge on any atom is 0.255 e. The summed E-state index contributed by atoms with van der Waals surface area (Å²) in [6.45, 7) is 1.89. The van der Waals surface area contributed by atoms with Crippen LogP contribution in [0.3, 0.4) is 0 Å². The van der Waals surface area contributed by atoms with Gasteiger partial charge in [0, 0.05) is 21.4 Å². The molecule has 1 saturated carbocycles. The zero-order valence-electron chi connectivity index (χ0n) is 16.4. The predicted molar refractivity (Wildman–Crippen MR) is 110 cm³/mol. The van der Waals surface area contributed by atoms with Crippen LogP contribution in [0.15, 0.2) is 23.0 Å². The molecular formula is C21H28N2O7. The number of primary amides is 1. The molecule has 0 bridgehead atoms. The molecule has 1 amide bonds. The minimum atomic E-state index is -1.11. The van der Waals surface area contributed by atoms with Crippen LogP contribution < -0.4 is 11.5 Å². The van der Waals surface area contributed by atoms with Crippen molar-refractivity contribution in [2.75, 3.05) is 0 Å². The SMILES string of the molecule is Cc1cc(CN)c2c(c1O)C(O)=C1C(=O)C3C(O)=C(C(N)=O)C(=O)CC3CC1C2.O.[HH].[HH]. The van der Waals surface area contributed by atoms with Gasteiger partial charge in [0.05, 0.1) is 11.5 Å². The van der Waals surface area contributed by atoms with Gasteiger partial charge < -0.3 is 32.3 Å². The van der Waals surface area contributed by atoms with Crippen molar-refractivity contribution in [2.24, 2.45) is 29.2 Å². The smallest absolute Gasteiger partial charge is 0.255 e. The summed E-state index contributed by atoms with van der Waals surface area (Å²) in [6.07, 6.45) is 0.681. The molecule has 3 aliphatic carbocycles. The first-order chi connectivity index (χ1) is 13.7. The number of amides is 1. The number of hydrogen-bond acceptors (Lipinski definition) is 7. The molecule has 1 aromatic carbocycles. The summed E-state index contributed by atoms with van der Waals surface area (Å²) in [5.41, 5.74) is 12.8. The molecule has 30 heavy (non-hydrogen) atoms. The number of nitrogens with two attached hydrogens (primary N) is 2. The fraction of sp³-hybridized carbons (Fsp3) is 0.381. The number of fused-ring (bicyclic) bond motifs is 3. The number of phenolic OH excluding ortho intramolecular Hbond substituents is 1. The summed E-state index contributed by atoms with van der Waals surface area (Å²) in [4.78, 5) is 37.1. The number of allylic oxidation sites excluding steroid dienone is 2. The topological polar surface area (TPSA) is 195 Å². The molecule has 0 aromatic heterocycles. The number of aliphatic hydroxyl groups excluding tert-OH is 2. The number of phenols is 1. The van der Waals surface area contributed by atoms with E-state index in [9.17, 15) is 29.7 Å². The summed E-state index contributed by atoms with van der Waals surface area (Å²) in [7, 11) is 0. The van der Waals surface area contributed by atoms with Gasteiger partial charge in [0.25, 0.3) is 5.91 Å². The monoisotopic (exact) mass is 420 g/mol. The van der Waals surface area contributed by atoms with E-state index in [1.54, 1.807) is 13.0 Å². The van der Waals surface area contributed by atoms with Crippen molar-refractivity contribution in [3.63, 3.8) is 0 Å². The van der Waals surface area contributed by atoms with E-state index in [-0.39, 0.29) is 49.9 Å². The number of aliphatic hydroxyl groups is 2. The number of rotatable bonds is 2. The molecule has 0 spiro atoms. The van der Waals surface area contributed by atoms with E-state index in [1.165, 1.54) is 0 Å². The Balaban J connectivity index is 0.00000171. The third-order valence-electron chi connectivity index (χ3n) is 6.39. The average molecular weight is 420 g/mol. The van der Waals surface area contributed by atoms with Crippen molar-refractivity contribution in [2.45, 2.75) is 32.7 Å². The average Bonchev–Trinajstić information content (AvgIpc) is 2.63. The standard InChI is InChI=1S/C21H22N2O6.H2O.2H2/c1-7-2-10(6-22)11-4-8-3-9-5-12(24)16(21(23)29)20(28)14(9)18(26)13(8)19(27)15(11)17(7)25;;;/h2,8-9,14,25,27-28H,3-6,22H2,1H3,(H2,23,29);1H2;2*1H. The van der Waals surface area contributed by atoms with Crippen molar-refractivity contribution in [3.8, 4) is 5.75 Å². The van der Waals surface area contributed by atoms with Gasteiger partial charge in [-0.25, -0.2) is 0 Å². The second kappa shape index (κ2) is 7.26. The zero-order chi connectivity index (χ0) is 21.2. The van der Waals surface area contributed by atoms with E-state index in [0.29, 0.717) is 24.0 Å². The molecule has 0 radical (unpaired) electrons. The van der Waals surface area contributed by atoms with Crippen LogP contribution in [-0.4, -0.2) is 38.3 Å². The number of carbonyl (C=O) groups is 3. The fourth-order valence-corrected chi connectivity index (χ4v) is 5.12. The Morgan fingerprint density at radius 2 is 1.90 bits per heavy atom. The van der Waals surface area contributed by atoms with E-state index >= 15 is 0 Å². The van der Waals surface area contributed by atoms with Gasteiger partial charge in [0.15, 0.2) is 11.6 Å². The lowest BCUT2D eigenvalue weighted by atomic mass is 9.61. The van der Waals surface area contributed by atoms with Gasteiger partial charge >= 0.3 is 0 Å². The van der Waals surface area contributed by atoms with Crippen LogP contribution in [0.1, 0.15) is 37.9 Å². The molecule has 9 N–H and O–H groups in total. The van der Waals surface area contributed by atoms with Crippen LogP contribution in [0.4, 0.5) is 0 Å². The molecule has 0 saturated heterocycles. The maximum absolute atomic E-state index is 13.3. The molecule has 0 aliphatic heterocycles. The van der Waals surface area contributed by atoms with E-state index < -0.39 is 40.6 Å². The van der Waals surface area contributed by atoms with Crippen molar-refractivity contribution >= 4 is 23.2 Å². The number of aryl methyl sites for hydroxylation is 1. The molecule has 9 heteroatoms. The first kappa shape index (κ1) is 21.5. The van der Waals surface area contributed by atoms with E-state index in [1.807, 2.05) is 0 Å². The van der Waals surface area contributed by atoms with Gasteiger partial charge in [0.2, 0.25) is 0 Å². The van der Waals surface area contributed by atoms with Crippen molar-refractivity contribution in [1.29, 1.82) is 0 Å². The van der Waals surface area contributed by atoms with Crippen LogP contribution in [0.2, 0.25) is 0 Å². The third kappa shape index (κ3) is 2.81. The van der Waals surface area contributed by atoms with Gasteiger partial charge in [-0.2, -0.15) is 0 Å². The highest BCUT2D eigenvalue weighted by Gasteiger charge is 2.50. The Morgan fingerprint density at radius 1 is 1.23 bits per heavy atom. The minimum Gasteiger partial charge on any atom is -0.511 e. The number of aromatic hydroxyl groups is 1. The predicted octanol–water partition coefficient (Wildman–Crippen LogP) is 0.743. The van der Waals surface area contributed by atoms with Gasteiger partial charge in [0.1, 0.15) is 22.8 Å². The van der Waals surface area contributed by atoms with Crippen molar-refractivity contribution < 1.29 is 38.0 Å². The lowest BCUT2D eigenvalue weighted by molar-refractivity contribution is -0.127. The third-order valence-corrected chi connectivity index (χ3v) is 6.39. The minimum absolute atomic E-state index is 0. The highest BCUT2D eigenvalue weighted by atomic mass is 16.3. The first-order valence-corrected chi connectivity index (χ1v) is 9.45. The molecule has 1 fully saturated rings. The second-order valence-electron chi connectivity index (χ2n) is 8.01. The number of benzene rings is 1. The zero-order valence-corrected chi connectivity index (χ0v) is 16.4. The summed E-state index contributed by atoms with van der Waals surface area (Å²) in [5.74, 6) is -5.24. The summed E-state index contributed by atoms with van der Waals surface area (Å²) in [5, 5.41) is 32.0. The number of ketones is 2. The van der Waals surface area contributed by atoms with Gasteiger partial charge in [-0.3, -0.25) is 14.4 Å². The van der Waals surface area contributed by atoms with Gasteiger partial charge in [-0.05, 0) is 48.3 Å². The number of hydrogen-bond donors (Lipinski definition) is 5. The molecule has 164 valence electrons. The Bertz CT molecular complexity index is 1060. The molecular weight excluding hydrogens is 392 g/mol. The molecule has 0 heterocycles. The van der Waals surface area contributed by atoms with Crippen molar-refractivity contribution in [1.82, 2.24) is 0 Å². The van der Waals surface area contributed by atoms with Gasteiger partial charge in [-0.1, -0.05) is 6.07 Å². The second-order valence-corrected chi connectivity index (χ2v) is 8.01. The van der Waals surface area contributed by atoms with E-state index in [4.69, 9.17) is 11.5 Å². The Kier molecular flexibility index (Phi) is 5.21. The summed E-state index contributed by atoms with van der Waals surface area (Å²) in [6, 6.07) is 1.76. The molecule has 3 atom stereocenters. The van der Waals surface area contributed by atoms with Gasteiger partial charge in [-0.15, -0.1) is 0 Å². The van der Waals surface area contributed by atoms with Crippen LogP contribution in [0.25, 0.3) is 5.76 Å². The highest BCUT2D eigenvalue weighted by molar-refractivity contribution is 6.21. The molecule has 4 rings (SSSR count). The van der Waals surface area contributed by atoms with E-state index in [2.05, 4.69) is 0 Å². The lowest BCUT2D eigenvalue weighted by Crippen LogP contribution is -2.44. The molecule has 1 aromatic rings. The first-order valence-electron chi connectivity index (χ1n) is 9.45. The Hall–Kier alpha value is -3.17. The Labute approximate surface area is 175 Å². The van der Waals surface area contributed by atoms with E-state index in [0.717, 1.165) is 5.56 Å². The molecule has 3 aliphatic rings. The fourth-order valence-electron chi connectivity index (χ4n) is 5.12. The molecule has 3 unspecified atom stereocenters. The number of Topliss-reactive ketones (excluding diaryl/α,β-unsaturated/α-hetero) is 2. The van der Waals surface area contributed by atoms with Crippen LogP contribution in [0, 0.1) is 24.7 Å². The highest BCUT2D eigenvalue weighted by Crippen LogP contribution is 2.50. The normalized spacial score (nSPS) is 25.3. The molecule has 9 nitrogen and oxygen atoms in total. The number of carbonyl (C=O) groups excluding carboxylic acids is 3. The maximum atomic E-state index is 13.3. The van der Waals surface area contributed by atoms with Crippen LogP contribution in [0.5, 0.6) is 5.75 Å². The lowest BCUT2D eigenvalue weighted by Gasteiger charge is -2.41. The summed E-state index contributed by atoms with van der Waals surface area (Å²) >= 11 is 0. The van der Waals surface area contributed by atoms with Crippen LogP contribution in [-0.2, 0) is 27.3 Å². The summed E-state index contributed by atoms with van der Waals surface area (Å²) < 4.78 is 0. The Morgan fingerprint density at radius 3 is 2.50 bits per heavy atom. The largest absolute Gasteiger partial charge is 0.511 e. The van der Waals surface area contributed by atoms with Crippen molar-refractivity contribution in [3.05, 3.63) is 45.2 Å².